The standard InChI is InChI=1S/C17H19N3O3S/c1-13-10-19-16(11-18-13)17(21)20-9-5-6-14(20)12-24(22,23)15-7-3-2-4-8-15/h2-4,7-8,10-11,14H,5-6,9,12H2,1H3. The second kappa shape index (κ2) is 6.68. The Morgan fingerprint density at radius 2 is 1.96 bits per heavy atom. The number of carbonyl (C=O) groups excluding carboxylic acids is 1. The molecule has 2 aromatic rings. The Morgan fingerprint density at radius 1 is 1.21 bits per heavy atom. The van der Waals surface area contributed by atoms with Gasteiger partial charge in [-0.25, -0.2) is 13.4 Å². The van der Waals surface area contributed by atoms with E-state index in [1.165, 1.54) is 6.20 Å². The molecular weight excluding hydrogens is 326 g/mol. The van der Waals surface area contributed by atoms with E-state index < -0.39 is 9.84 Å². The molecule has 0 spiro atoms. The highest BCUT2D eigenvalue weighted by atomic mass is 32.2. The van der Waals surface area contributed by atoms with Gasteiger partial charge < -0.3 is 4.90 Å². The van der Waals surface area contributed by atoms with Gasteiger partial charge in [-0.2, -0.15) is 0 Å². The van der Waals surface area contributed by atoms with E-state index in [9.17, 15) is 13.2 Å². The number of rotatable bonds is 4. The first-order valence-electron chi connectivity index (χ1n) is 7.85. The van der Waals surface area contributed by atoms with Crippen LogP contribution in [-0.4, -0.2) is 47.5 Å². The van der Waals surface area contributed by atoms with Crippen LogP contribution in [0.15, 0.2) is 47.6 Å². The Labute approximate surface area is 141 Å². The van der Waals surface area contributed by atoms with E-state index in [0.29, 0.717) is 17.9 Å². The Balaban J connectivity index is 1.78. The Kier molecular flexibility index (Phi) is 4.62. The van der Waals surface area contributed by atoms with E-state index in [-0.39, 0.29) is 23.4 Å². The molecule has 0 N–H and O–H groups in total. The number of sulfone groups is 1. The van der Waals surface area contributed by atoms with Gasteiger partial charge in [-0.15, -0.1) is 0 Å². The van der Waals surface area contributed by atoms with Crippen molar-refractivity contribution in [2.45, 2.75) is 30.7 Å². The summed E-state index contributed by atoms with van der Waals surface area (Å²) in [6, 6.07) is 8.02. The van der Waals surface area contributed by atoms with E-state index in [0.717, 1.165) is 12.1 Å². The van der Waals surface area contributed by atoms with Gasteiger partial charge in [-0.1, -0.05) is 18.2 Å². The van der Waals surface area contributed by atoms with E-state index >= 15 is 0 Å². The minimum atomic E-state index is -3.43. The maximum absolute atomic E-state index is 12.6. The number of amides is 1. The fourth-order valence-electron chi connectivity index (χ4n) is 2.90. The lowest BCUT2D eigenvalue weighted by Gasteiger charge is -2.24. The molecule has 7 heteroatoms. The number of carbonyl (C=O) groups is 1. The molecule has 1 aliphatic heterocycles. The zero-order valence-corrected chi connectivity index (χ0v) is 14.2. The topological polar surface area (TPSA) is 80.2 Å². The van der Waals surface area contributed by atoms with Crippen LogP contribution in [0.5, 0.6) is 0 Å². The van der Waals surface area contributed by atoms with Gasteiger partial charge in [0.15, 0.2) is 9.84 Å². The molecule has 1 unspecified atom stereocenters. The van der Waals surface area contributed by atoms with Crippen molar-refractivity contribution in [3.8, 4) is 0 Å². The molecule has 24 heavy (non-hydrogen) atoms. The van der Waals surface area contributed by atoms with Crippen LogP contribution in [0.3, 0.4) is 0 Å². The lowest BCUT2D eigenvalue weighted by Crippen LogP contribution is -2.40. The molecule has 0 saturated carbocycles. The predicted molar refractivity (Wildman–Crippen MR) is 89.3 cm³/mol. The van der Waals surface area contributed by atoms with E-state index in [2.05, 4.69) is 9.97 Å². The third-order valence-corrected chi connectivity index (χ3v) is 5.97. The van der Waals surface area contributed by atoms with Gasteiger partial charge in [-0.3, -0.25) is 9.78 Å². The Hall–Kier alpha value is -2.28. The maximum Gasteiger partial charge on any atom is 0.274 e. The fourth-order valence-corrected chi connectivity index (χ4v) is 4.52. The lowest BCUT2D eigenvalue weighted by atomic mass is 10.2. The van der Waals surface area contributed by atoms with Crippen molar-refractivity contribution in [2.24, 2.45) is 0 Å². The average Bonchev–Trinajstić information content (AvgIpc) is 3.03. The molecule has 0 bridgehead atoms. The van der Waals surface area contributed by atoms with Gasteiger partial charge in [0, 0.05) is 18.8 Å². The number of likely N-dealkylation sites (tertiary alicyclic amines) is 1. The van der Waals surface area contributed by atoms with Crippen LogP contribution in [0.25, 0.3) is 0 Å². The van der Waals surface area contributed by atoms with Crippen LogP contribution < -0.4 is 0 Å². The van der Waals surface area contributed by atoms with Crippen molar-refractivity contribution in [1.29, 1.82) is 0 Å². The first kappa shape index (κ1) is 16.6. The number of aryl methyl sites for hydroxylation is 1. The summed E-state index contributed by atoms with van der Waals surface area (Å²) in [7, 11) is -3.43. The van der Waals surface area contributed by atoms with E-state index in [1.807, 2.05) is 0 Å². The smallest absolute Gasteiger partial charge is 0.274 e. The molecule has 1 amide bonds. The summed E-state index contributed by atoms with van der Waals surface area (Å²) in [4.78, 5) is 22.7. The van der Waals surface area contributed by atoms with E-state index in [4.69, 9.17) is 0 Å². The molecule has 0 aliphatic carbocycles. The van der Waals surface area contributed by atoms with Crippen LogP contribution in [0.2, 0.25) is 0 Å². The van der Waals surface area contributed by atoms with Crippen LogP contribution in [-0.2, 0) is 9.84 Å². The molecule has 0 radical (unpaired) electrons. The number of benzene rings is 1. The lowest BCUT2D eigenvalue weighted by molar-refractivity contribution is 0.0742. The number of hydrogen-bond donors (Lipinski definition) is 0. The van der Waals surface area contributed by atoms with Crippen LogP contribution in [0.4, 0.5) is 0 Å². The maximum atomic E-state index is 12.6. The average molecular weight is 345 g/mol. The molecule has 3 rings (SSSR count). The summed E-state index contributed by atoms with van der Waals surface area (Å²) in [5, 5.41) is 0. The minimum Gasteiger partial charge on any atom is -0.333 e. The van der Waals surface area contributed by atoms with Crippen LogP contribution in [0.1, 0.15) is 29.0 Å². The highest BCUT2D eigenvalue weighted by Crippen LogP contribution is 2.23. The highest BCUT2D eigenvalue weighted by molar-refractivity contribution is 7.91. The third kappa shape index (κ3) is 3.46. The summed E-state index contributed by atoms with van der Waals surface area (Å²) in [6.07, 6.45) is 4.45. The SMILES string of the molecule is Cc1cnc(C(=O)N2CCCC2CS(=O)(=O)c2ccccc2)cn1. The fraction of sp³-hybridized carbons (Fsp3) is 0.353. The number of nitrogens with zero attached hydrogens (tertiary/aromatic N) is 3. The first-order chi connectivity index (χ1) is 11.5. The van der Waals surface area contributed by atoms with Crippen molar-refractivity contribution in [2.75, 3.05) is 12.3 Å². The van der Waals surface area contributed by atoms with Gasteiger partial charge >= 0.3 is 0 Å². The summed E-state index contributed by atoms with van der Waals surface area (Å²) in [5.41, 5.74) is 0.987. The van der Waals surface area contributed by atoms with Crippen molar-refractivity contribution in [3.63, 3.8) is 0 Å². The third-order valence-electron chi connectivity index (χ3n) is 4.15. The number of aromatic nitrogens is 2. The van der Waals surface area contributed by atoms with Gasteiger partial charge in [0.25, 0.3) is 5.91 Å². The Morgan fingerprint density at radius 3 is 2.62 bits per heavy atom. The largest absolute Gasteiger partial charge is 0.333 e. The zero-order chi connectivity index (χ0) is 17.2. The van der Waals surface area contributed by atoms with Gasteiger partial charge in [-0.05, 0) is 31.9 Å². The zero-order valence-electron chi connectivity index (χ0n) is 13.4. The molecule has 1 fully saturated rings. The van der Waals surface area contributed by atoms with Crippen LogP contribution >= 0.6 is 0 Å². The van der Waals surface area contributed by atoms with Gasteiger partial charge in [0.05, 0.1) is 22.5 Å². The first-order valence-corrected chi connectivity index (χ1v) is 9.50. The van der Waals surface area contributed by atoms with Gasteiger partial charge in [0.2, 0.25) is 0 Å². The normalized spacial score (nSPS) is 17.9. The quantitative estimate of drug-likeness (QED) is 0.845. The molecule has 1 atom stereocenters. The van der Waals surface area contributed by atoms with Crippen molar-refractivity contribution in [1.82, 2.24) is 14.9 Å². The monoisotopic (exact) mass is 345 g/mol. The Bertz CT molecular complexity index is 820. The van der Waals surface area contributed by atoms with Crippen molar-refractivity contribution < 1.29 is 13.2 Å². The molecule has 6 nitrogen and oxygen atoms in total. The van der Waals surface area contributed by atoms with E-state index in [1.54, 1.807) is 48.4 Å². The summed E-state index contributed by atoms with van der Waals surface area (Å²) >= 11 is 0. The summed E-state index contributed by atoms with van der Waals surface area (Å²) in [5.74, 6) is -0.324. The van der Waals surface area contributed by atoms with Gasteiger partial charge in [0.1, 0.15) is 5.69 Å². The number of hydrogen-bond acceptors (Lipinski definition) is 5. The predicted octanol–water partition coefficient (Wildman–Crippen LogP) is 1.86. The van der Waals surface area contributed by atoms with Crippen molar-refractivity contribution >= 4 is 15.7 Å². The molecule has 1 saturated heterocycles. The molecule has 126 valence electrons. The summed E-state index contributed by atoms with van der Waals surface area (Å²) in [6.45, 7) is 2.34. The highest BCUT2D eigenvalue weighted by Gasteiger charge is 2.34. The molecule has 2 heterocycles. The molecule has 1 aromatic carbocycles. The van der Waals surface area contributed by atoms with Crippen molar-refractivity contribution in [3.05, 3.63) is 54.1 Å². The van der Waals surface area contributed by atoms with Crippen LogP contribution in [0, 0.1) is 6.92 Å². The second-order valence-corrected chi connectivity index (χ2v) is 7.97. The molecule has 1 aromatic heterocycles. The molecular formula is C17H19N3O3S. The second-order valence-electron chi connectivity index (χ2n) is 5.93. The minimum absolute atomic E-state index is 0.0674. The summed E-state index contributed by atoms with van der Waals surface area (Å²) < 4.78 is 25.1. The molecule has 1 aliphatic rings.